The van der Waals surface area contributed by atoms with Gasteiger partial charge in [-0.2, -0.15) is 0 Å². The van der Waals surface area contributed by atoms with Crippen molar-refractivity contribution in [2.75, 3.05) is 0 Å². The fourth-order valence-corrected chi connectivity index (χ4v) is 1.91. The number of carbonyl (C=O) groups excluding carboxylic acids is 1. The smallest absolute Gasteiger partial charge is 0.270 e. The molecular formula is C15H12F2N2O3. The Morgan fingerprint density at radius 3 is 2.55 bits per heavy atom. The molecule has 0 heterocycles. The average Bonchev–Trinajstić information content (AvgIpc) is 2.50. The number of carbonyl (C=O) groups is 1. The lowest BCUT2D eigenvalue weighted by Crippen LogP contribution is -2.26. The average molecular weight is 306 g/mol. The first-order valence-corrected chi connectivity index (χ1v) is 6.38. The minimum atomic E-state index is -1.01. The minimum Gasteiger partial charge on any atom is -0.346 e. The molecule has 0 aliphatic rings. The topological polar surface area (TPSA) is 72.2 Å². The Labute approximate surface area is 124 Å². The van der Waals surface area contributed by atoms with Crippen LogP contribution in [0.5, 0.6) is 0 Å². The molecule has 7 heteroatoms. The highest BCUT2D eigenvalue weighted by Crippen LogP contribution is 2.18. The number of nitro groups is 1. The van der Waals surface area contributed by atoms with Crippen LogP contribution in [0, 0.1) is 21.7 Å². The van der Waals surface area contributed by atoms with Crippen molar-refractivity contribution < 1.29 is 18.5 Å². The lowest BCUT2D eigenvalue weighted by molar-refractivity contribution is -0.384. The van der Waals surface area contributed by atoms with E-state index in [1.165, 1.54) is 24.3 Å². The molecule has 2 aromatic rings. The summed E-state index contributed by atoms with van der Waals surface area (Å²) >= 11 is 0. The van der Waals surface area contributed by atoms with Gasteiger partial charge < -0.3 is 5.32 Å². The van der Waals surface area contributed by atoms with Crippen molar-refractivity contribution in [1.82, 2.24) is 5.32 Å². The van der Waals surface area contributed by atoms with Crippen LogP contribution in [0.1, 0.15) is 28.9 Å². The monoisotopic (exact) mass is 306 g/mol. The zero-order valence-corrected chi connectivity index (χ0v) is 11.5. The lowest BCUT2D eigenvalue weighted by Gasteiger charge is -2.14. The molecule has 0 aromatic heterocycles. The molecule has 0 radical (unpaired) electrons. The number of halogens is 2. The summed E-state index contributed by atoms with van der Waals surface area (Å²) in [5.74, 6) is -2.52. The van der Waals surface area contributed by atoms with Crippen LogP contribution in [0.15, 0.2) is 42.5 Å². The van der Waals surface area contributed by atoms with Crippen LogP contribution in [0.3, 0.4) is 0 Å². The van der Waals surface area contributed by atoms with Gasteiger partial charge in [0.25, 0.3) is 11.6 Å². The van der Waals surface area contributed by atoms with Gasteiger partial charge in [0.1, 0.15) is 0 Å². The summed E-state index contributed by atoms with van der Waals surface area (Å²) in [7, 11) is 0. The summed E-state index contributed by atoms with van der Waals surface area (Å²) in [4.78, 5) is 22.1. The molecule has 114 valence electrons. The van der Waals surface area contributed by atoms with Gasteiger partial charge in [0, 0.05) is 17.7 Å². The van der Waals surface area contributed by atoms with E-state index in [2.05, 4.69) is 5.32 Å². The van der Waals surface area contributed by atoms with Gasteiger partial charge >= 0.3 is 0 Å². The molecule has 2 aromatic carbocycles. The third kappa shape index (κ3) is 3.43. The van der Waals surface area contributed by atoms with E-state index in [0.29, 0.717) is 5.56 Å². The fraction of sp³-hybridized carbons (Fsp3) is 0.133. The van der Waals surface area contributed by atoms with E-state index in [0.717, 1.165) is 18.2 Å². The van der Waals surface area contributed by atoms with Gasteiger partial charge in [-0.1, -0.05) is 12.1 Å². The van der Waals surface area contributed by atoms with E-state index in [4.69, 9.17) is 0 Å². The summed E-state index contributed by atoms with van der Waals surface area (Å²) < 4.78 is 26.1. The van der Waals surface area contributed by atoms with Crippen molar-refractivity contribution >= 4 is 11.6 Å². The third-order valence-corrected chi connectivity index (χ3v) is 3.11. The van der Waals surface area contributed by atoms with Crippen LogP contribution in [0.4, 0.5) is 14.5 Å². The predicted molar refractivity (Wildman–Crippen MR) is 75.3 cm³/mol. The fourth-order valence-electron chi connectivity index (χ4n) is 1.91. The van der Waals surface area contributed by atoms with Crippen LogP contribution in [-0.2, 0) is 0 Å². The molecular weight excluding hydrogens is 294 g/mol. The molecule has 0 aliphatic heterocycles. The van der Waals surface area contributed by atoms with Gasteiger partial charge in [0.2, 0.25) is 0 Å². The number of amides is 1. The number of non-ortho nitro benzene ring substituents is 1. The molecule has 1 amide bonds. The Morgan fingerprint density at radius 1 is 1.18 bits per heavy atom. The van der Waals surface area contributed by atoms with E-state index >= 15 is 0 Å². The van der Waals surface area contributed by atoms with Crippen LogP contribution >= 0.6 is 0 Å². The van der Waals surface area contributed by atoms with Gasteiger partial charge in [-0.3, -0.25) is 14.9 Å². The molecule has 1 N–H and O–H groups in total. The Hall–Kier alpha value is -2.83. The van der Waals surface area contributed by atoms with Crippen molar-refractivity contribution in [3.8, 4) is 0 Å². The zero-order valence-electron chi connectivity index (χ0n) is 11.5. The normalized spacial score (nSPS) is 11.8. The summed E-state index contributed by atoms with van der Waals surface area (Å²) in [6.07, 6.45) is 0. The minimum absolute atomic E-state index is 0.114. The summed E-state index contributed by atoms with van der Waals surface area (Å²) in [6.45, 7) is 1.60. The van der Waals surface area contributed by atoms with Crippen LogP contribution in [-0.4, -0.2) is 10.8 Å². The number of hydrogen-bond donors (Lipinski definition) is 1. The van der Waals surface area contributed by atoms with Crippen molar-refractivity contribution in [2.45, 2.75) is 13.0 Å². The molecule has 2 rings (SSSR count). The second kappa shape index (κ2) is 6.30. The van der Waals surface area contributed by atoms with E-state index in [-0.39, 0.29) is 11.3 Å². The summed E-state index contributed by atoms with van der Waals surface area (Å²) in [5.41, 5.74) is 0.300. The molecule has 22 heavy (non-hydrogen) atoms. The maximum absolute atomic E-state index is 13.2. The molecule has 0 spiro atoms. The Balaban J connectivity index is 2.15. The van der Waals surface area contributed by atoms with Gasteiger partial charge in [-0.25, -0.2) is 8.78 Å². The second-order valence-electron chi connectivity index (χ2n) is 4.68. The maximum atomic E-state index is 13.2. The van der Waals surface area contributed by atoms with Crippen molar-refractivity contribution in [3.63, 3.8) is 0 Å². The van der Waals surface area contributed by atoms with Gasteiger partial charge in [-0.15, -0.1) is 0 Å². The lowest BCUT2D eigenvalue weighted by atomic mass is 10.1. The SMILES string of the molecule is CC(NC(=O)c1cccc([N+](=O)[O-])c1)c1ccc(F)c(F)c1. The predicted octanol–water partition coefficient (Wildman–Crippen LogP) is 3.36. The molecule has 1 atom stereocenters. The Bertz CT molecular complexity index is 734. The number of benzene rings is 2. The molecule has 1 unspecified atom stereocenters. The van der Waals surface area contributed by atoms with E-state index < -0.39 is 28.5 Å². The largest absolute Gasteiger partial charge is 0.346 e. The number of rotatable bonds is 4. The molecule has 0 bridgehead atoms. The van der Waals surface area contributed by atoms with E-state index in [9.17, 15) is 23.7 Å². The van der Waals surface area contributed by atoms with Crippen molar-refractivity contribution in [3.05, 3.63) is 75.3 Å². The summed E-state index contributed by atoms with van der Waals surface area (Å²) in [6, 6.07) is 7.99. The quantitative estimate of drug-likeness (QED) is 0.695. The van der Waals surface area contributed by atoms with Gasteiger partial charge in [-0.05, 0) is 30.7 Å². The second-order valence-corrected chi connectivity index (χ2v) is 4.68. The van der Waals surface area contributed by atoms with Gasteiger partial charge in [0.15, 0.2) is 11.6 Å². The Kier molecular flexibility index (Phi) is 4.45. The molecule has 0 saturated heterocycles. The van der Waals surface area contributed by atoms with Crippen molar-refractivity contribution in [2.24, 2.45) is 0 Å². The first-order chi connectivity index (χ1) is 10.4. The number of nitrogens with zero attached hydrogens (tertiary/aromatic N) is 1. The molecule has 0 fully saturated rings. The molecule has 0 saturated carbocycles. The van der Waals surface area contributed by atoms with Crippen LogP contribution < -0.4 is 5.32 Å². The van der Waals surface area contributed by atoms with Gasteiger partial charge in [0.05, 0.1) is 11.0 Å². The molecule has 5 nitrogen and oxygen atoms in total. The number of hydrogen-bond acceptors (Lipinski definition) is 3. The zero-order chi connectivity index (χ0) is 16.3. The highest BCUT2D eigenvalue weighted by atomic mass is 19.2. The third-order valence-electron chi connectivity index (χ3n) is 3.11. The number of nitrogens with one attached hydrogen (secondary N) is 1. The van der Waals surface area contributed by atoms with Crippen LogP contribution in [0.25, 0.3) is 0 Å². The van der Waals surface area contributed by atoms with E-state index in [1.54, 1.807) is 6.92 Å². The first-order valence-electron chi connectivity index (χ1n) is 6.38. The summed E-state index contributed by atoms with van der Waals surface area (Å²) in [5, 5.41) is 13.3. The number of nitro benzene ring substituents is 1. The highest BCUT2D eigenvalue weighted by molar-refractivity contribution is 5.95. The highest BCUT2D eigenvalue weighted by Gasteiger charge is 2.15. The Morgan fingerprint density at radius 2 is 1.91 bits per heavy atom. The first kappa shape index (κ1) is 15.6. The van der Waals surface area contributed by atoms with Crippen molar-refractivity contribution in [1.29, 1.82) is 0 Å². The standard InChI is InChI=1S/C15H12F2N2O3/c1-9(10-5-6-13(16)14(17)8-10)18-15(20)11-3-2-4-12(7-11)19(21)22/h2-9H,1H3,(H,18,20). The van der Waals surface area contributed by atoms with E-state index in [1.807, 2.05) is 0 Å². The maximum Gasteiger partial charge on any atom is 0.270 e. The van der Waals surface area contributed by atoms with Crippen LogP contribution in [0.2, 0.25) is 0 Å². The molecule has 0 aliphatic carbocycles.